The van der Waals surface area contributed by atoms with Crippen LogP contribution in [0.25, 0.3) is 0 Å². The van der Waals surface area contributed by atoms with Crippen LogP contribution in [0, 0.1) is 5.92 Å². The predicted molar refractivity (Wildman–Crippen MR) is 78.9 cm³/mol. The maximum absolute atomic E-state index is 12.7. The van der Waals surface area contributed by atoms with Crippen molar-refractivity contribution in [3.8, 4) is 0 Å². The van der Waals surface area contributed by atoms with E-state index in [0.29, 0.717) is 30.4 Å². The highest BCUT2D eigenvalue weighted by atomic mass is 32.2. The average Bonchev–Trinajstić information content (AvgIpc) is 2.85. The second-order valence-corrected chi connectivity index (χ2v) is 8.01. The maximum atomic E-state index is 12.7. The Kier molecular flexibility index (Phi) is 5.00. The number of hydrogen-bond acceptors (Lipinski definition) is 4. The highest BCUT2D eigenvalue weighted by molar-refractivity contribution is 7.89. The Morgan fingerprint density at radius 2 is 2.32 bits per heavy atom. The fourth-order valence-electron chi connectivity index (χ4n) is 2.43. The molecule has 1 aliphatic heterocycles. The molecule has 0 spiro atoms. The van der Waals surface area contributed by atoms with E-state index < -0.39 is 10.0 Å². The van der Waals surface area contributed by atoms with Crippen LogP contribution in [-0.2, 0) is 16.6 Å². The summed E-state index contributed by atoms with van der Waals surface area (Å²) in [6.45, 7) is 6.93. The van der Waals surface area contributed by atoms with Crippen molar-refractivity contribution in [2.24, 2.45) is 5.92 Å². The van der Waals surface area contributed by atoms with Gasteiger partial charge in [0.25, 0.3) is 0 Å². The summed E-state index contributed by atoms with van der Waals surface area (Å²) in [5.74, 6) is 0.458. The van der Waals surface area contributed by atoms with Crippen LogP contribution in [0.1, 0.15) is 31.6 Å². The first kappa shape index (κ1) is 15.0. The van der Waals surface area contributed by atoms with Crippen LogP contribution in [0.5, 0.6) is 0 Å². The van der Waals surface area contributed by atoms with Crippen LogP contribution >= 0.6 is 11.3 Å². The van der Waals surface area contributed by atoms with Crippen molar-refractivity contribution in [1.82, 2.24) is 9.62 Å². The molecule has 0 amide bonds. The molecule has 0 bridgehead atoms. The van der Waals surface area contributed by atoms with Gasteiger partial charge in [-0.25, -0.2) is 8.42 Å². The predicted octanol–water partition coefficient (Wildman–Crippen LogP) is 2.28. The van der Waals surface area contributed by atoms with Gasteiger partial charge >= 0.3 is 0 Å². The molecular formula is C13H22N2O2S2. The Labute approximate surface area is 119 Å². The van der Waals surface area contributed by atoms with E-state index in [-0.39, 0.29) is 0 Å². The van der Waals surface area contributed by atoms with Crippen LogP contribution in [0.2, 0.25) is 0 Å². The van der Waals surface area contributed by atoms with Gasteiger partial charge in [0, 0.05) is 24.5 Å². The lowest BCUT2D eigenvalue weighted by Crippen LogP contribution is -2.39. The Morgan fingerprint density at radius 1 is 1.53 bits per heavy atom. The molecule has 19 heavy (non-hydrogen) atoms. The van der Waals surface area contributed by atoms with E-state index in [1.54, 1.807) is 10.4 Å². The minimum absolute atomic E-state index is 0.458. The van der Waals surface area contributed by atoms with E-state index in [2.05, 4.69) is 12.2 Å². The van der Waals surface area contributed by atoms with Crippen molar-refractivity contribution in [2.75, 3.05) is 19.6 Å². The molecule has 1 aliphatic rings. The number of rotatable bonds is 5. The van der Waals surface area contributed by atoms with Crippen LogP contribution in [-0.4, -0.2) is 32.4 Å². The third kappa shape index (κ3) is 3.37. The molecule has 1 atom stereocenters. The van der Waals surface area contributed by atoms with Crippen LogP contribution in [0.15, 0.2) is 16.3 Å². The molecule has 1 aromatic rings. The number of nitrogens with zero attached hydrogens (tertiary/aromatic N) is 1. The lowest BCUT2D eigenvalue weighted by molar-refractivity contribution is 0.281. The fraction of sp³-hybridized carbons (Fsp3) is 0.692. The van der Waals surface area contributed by atoms with Crippen LogP contribution in [0.3, 0.4) is 0 Å². The van der Waals surface area contributed by atoms with E-state index >= 15 is 0 Å². The number of sulfonamides is 1. The second kappa shape index (κ2) is 6.35. The van der Waals surface area contributed by atoms with Crippen LogP contribution in [0.4, 0.5) is 0 Å². The van der Waals surface area contributed by atoms with Gasteiger partial charge < -0.3 is 5.32 Å². The monoisotopic (exact) mass is 302 g/mol. The highest BCUT2D eigenvalue weighted by Gasteiger charge is 2.30. The van der Waals surface area contributed by atoms with Crippen molar-refractivity contribution in [1.29, 1.82) is 0 Å². The minimum atomic E-state index is -3.31. The Morgan fingerprint density at radius 3 is 3.00 bits per heavy atom. The zero-order valence-electron chi connectivity index (χ0n) is 11.6. The zero-order valence-corrected chi connectivity index (χ0v) is 13.2. The molecule has 1 fully saturated rings. The molecule has 0 saturated carbocycles. The third-order valence-corrected chi connectivity index (χ3v) is 6.48. The summed E-state index contributed by atoms with van der Waals surface area (Å²) in [6.07, 6.45) is 2.09. The van der Waals surface area contributed by atoms with Crippen molar-refractivity contribution in [2.45, 2.75) is 38.1 Å². The lowest BCUT2D eigenvalue weighted by atomic mass is 10.0. The molecule has 0 aromatic carbocycles. The number of hydrogen-bond donors (Lipinski definition) is 1. The van der Waals surface area contributed by atoms with E-state index in [0.717, 1.165) is 24.3 Å². The standard InChI is InChI=1S/C13H22N2O2S2/c1-3-14-9-12-13(6-8-18-12)19(16,17)15-7-4-5-11(2)10-15/h6,8,11,14H,3-5,7,9-10H2,1-2H3. The van der Waals surface area contributed by atoms with Gasteiger partial charge in [0.15, 0.2) is 0 Å². The molecule has 2 rings (SSSR count). The molecule has 1 unspecified atom stereocenters. The van der Waals surface area contributed by atoms with Gasteiger partial charge in [-0.15, -0.1) is 11.3 Å². The number of nitrogens with one attached hydrogen (secondary N) is 1. The van der Waals surface area contributed by atoms with Gasteiger partial charge in [-0.05, 0) is 36.8 Å². The largest absolute Gasteiger partial charge is 0.312 e. The summed E-state index contributed by atoms with van der Waals surface area (Å²) in [6, 6.07) is 1.74. The zero-order chi connectivity index (χ0) is 13.9. The summed E-state index contributed by atoms with van der Waals surface area (Å²) in [5.41, 5.74) is 0. The van der Waals surface area contributed by atoms with Crippen molar-refractivity contribution in [3.63, 3.8) is 0 Å². The normalized spacial score (nSPS) is 21.7. The van der Waals surface area contributed by atoms with Gasteiger partial charge in [0.05, 0.1) is 4.90 Å². The van der Waals surface area contributed by atoms with E-state index in [1.165, 1.54) is 11.3 Å². The molecular weight excluding hydrogens is 280 g/mol. The van der Waals surface area contributed by atoms with Gasteiger partial charge in [0.1, 0.15) is 0 Å². The number of piperidine rings is 1. The Balaban J connectivity index is 2.21. The fourth-order valence-corrected chi connectivity index (χ4v) is 5.41. The molecule has 1 N–H and O–H groups in total. The first-order valence-corrected chi connectivity index (χ1v) is 9.15. The SMILES string of the molecule is CCNCc1sccc1S(=O)(=O)N1CCCC(C)C1. The molecule has 108 valence electrons. The molecule has 1 aromatic heterocycles. The van der Waals surface area contributed by atoms with E-state index in [4.69, 9.17) is 0 Å². The lowest BCUT2D eigenvalue weighted by Gasteiger charge is -2.30. The molecule has 2 heterocycles. The Hall–Kier alpha value is -0.430. The first-order valence-electron chi connectivity index (χ1n) is 6.83. The summed E-state index contributed by atoms with van der Waals surface area (Å²) in [5, 5.41) is 5.07. The second-order valence-electron chi connectivity index (χ2n) is 5.10. The third-order valence-electron chi connectivity index (χ3n) is 3.48. The maximum Gasteiger partial charge on any atom is 0.244 e. The van der Waals surface area contributed by atoms with E-state index in [9.17, 15) is 8.42 Å². The van der Waals surface area contributed by atoms with Gasteiger partial charge in [0.2, 0.25) is 10.0 Å². The summed E-state index contributed by atoms with van der Waals surface area (Å²) in [4.78, 5) is 1.41. The summed E-state index contributed by atoms with van der Waals surface area (Å²) in [7, 11) is -3.31. The van der Waals surface area contributed by atoms with Gasteiger partial charge in [-0.2, -0.15) is 4.31 Å². The molecule has 4 nitrogen and oxygen atoms in total. The average molecular weight is 302 g/mol. The highest BCUT2D eigenvalue weighted by Crippen LogP contribution is 2.28. The topological polar surface area (TPSA) is 49.4 Å². The van der Waals surface area contributed by atoms with E-state index in [1.807, 2.05) is 12.3 Å². The summed E-state index contributed by atoms with van der Waals surface area (Å²) < 4.78 is 27.0. The van der Waals surface area contributed by atoms with Crippen molar-refractivity contribution >= 4 is 21.4 Å². The van der Waals surface area contributed by atoms with Crippen molar-refractivity contribution < 1.29 is 8.42 Å². The smallest absolute Gasteiger partial charge is 0.244 e. The number of thiophene rings is 1. The minimum Gasteiger partial charge on any atom is -0.312 e. The van der Waals surface area contributed by atoms with Crippen LogP contribution < -0.4 is 5.32 Å². The molecule has 0 radical (unpaired) electrons. The summed E-state index contributed by atoms with van der Waals surface area (Å²) >= 11 is 1.51. The van der Waals surface area contributed by atoms with Gasteiger partial charge in [-0.3, -0.25) is 0 Å². The van der Waals surface area contributed by atoms with Gasteiger partial charge in [-0.1, -0.05) is 13.8 Å². The molecule has 6 heteroatoms. The molecule has 1 saturated heterocycles. The van der Waals surface area contributed by atoms with Crippen molar-refractivity contribution in [3.05, 3.63) is 16.3 Å². The first-order chi connectivity index (χ1) is 9.05. The molecule has 0 aliphatic carbocycles. The quantitative estimate of drug-likeness (QED) is 0.908. The Bertz CT molecular complexity index is 510.